The first-order valence-electron chi connectivity index (χ1n) is 10.4. The molecule has 0 radical (unpaired) electrons. The van der Waals surface area contributed by atoms with Gasteiger partial charge in [-0.1, -0.05) is 85.0 Å². The average molecular weight is 477 g/mol. The van der Waals surface area contributed by atoms with E-state index in [1.54, 1.807) is 0 Å². The quantitative estimate of drug-likeness (QED) is 0.305. The van der Waals surface area contributed by atoms with Crippen LogP contribution in [0.1, 0.15) is 22.3 Å². The van der Waals surface area contributed by atoms with E-state index in [1.807, 2.05) is 70.3 Å². The Morgan fingerprint density at radius 3 is 1.09 bits per heavy atom. The highest BCUT2D eigenvalue weighted by molar-refractivity contribution is 5.69. The first-order chi connectivity index (χ1) is 15.3. The molecule has 4 rings (SSSR count). The first kappa shape index (κ1) is 26.0. The molecule has 2 heterocycles. The Bertz CT molecular complexity index is 1040. The Morgan fingerprint density at radius 1 is 0.455 bits per heavy atom. The van der Waals surface area contributed by atoms with Gasteiger partial charge in [-0.3, -0.25) is 4.74 Å². The number of hydrogen-bond donors (Lipinski definition) is 0. The maximum Gasteiger partial charge on any atom is 0.257 e. The Kier molecular flexibility index (Phi) is 11.1. The van der Waals surface area contributed by atoms with Crippen LogP contribution in [0.15, 0.2) is 110 Å². The molecule has 0 atom stereocenters. The molecule has 0 bridgehead atoms. The van der Waals surface area contributed by atoms with Gasteiger partial charge < -0.3 is 24.8 Å². The number of benzene rings is 2. The molecule has 0 spiro atoms. The lowest BCUT2D eigenvalue weighted by molar-refractivity contribution is -0.788. The summed E-state index contributed by atoms with van der Waals surface area (Å²) in [4.78, 5) is 0. The molecule has 168 valence electrons. The maximum atomic E-state index is 5.83. The van der Waals surface area contributed by atoms with Crippen LogP contribution < -0.4 is 33.9 Å². The van der Waals surface area contributed by atoms with Crippen molar-refractivity contribution < 1.29 is 38.7 Å². The second-order valence-corrected chi connectivity index (χ2v) is 7.24. The van der Waals surface area contributed by atoms with Gasteiger partial charge in [-0.15, -0.1) is 0 Å². The lowest BCUT2D eigenvalue weighted by Gasteiger charge is -1.99. The molecule has 0 saturated carbocycles. The van der Waals surface area contributed by atoms with Gasteiger partial charge in [0.25, 0.3) is 13.5 Å². The Labute approximate surface area is 208 Å². The standard InChI is InChI=1S/C28H26N2O.2ClH/c1-3-7-25(8-4-1)11-13-27-15-19-29(20-16-27)23-31-24-30-21-17-28(18-22-30)14-12-26-9-5-2-6-10-26;;/h1-22H,23-24H2;2*1H/q+2;;/p-2. The molecule has 0 aliphatic rings. The van der Waals surface area contributed by atoms with E-state index in [1.165, 1.54) is 11.1 Å². The number of rotatable bonds is 8. The number of hydrogen-bond acceptors (Lipinski definition) is 1. The van der Waals surface area contributed by atoms with E-state index in [0.29, 0.717) is 13.5 Å². The van der Waals surface area contributed by atoms with Crippen molar-refractivity contribution in [2.45, 2.75) is 13.5 Å². The summed E-state index contributed by atoms with van der Waals surface area (Å²) in [5.41, 5.74) is 4.71. The molecule has 0 N–H and O–H groups in total. The minimum absolute atomic E-state index is 0. The predicted octanol–water partition coefficient (Wildman–Crippen LogP) is -0.758. The van der Waals surface area contributed by atoms with Crippen LogP contribution in [-0.2, 0) is 18.2 Å². The van der Waals surface area contributed by atoms with E-state index in [0.717, 1.165) is 11.1 Å². The van der Waals surface area contributed by atoms with Crippen molar-refractivity contribution in [1.29, 1.82) is 0 Å². The number of nitrogens with zero attached hydrogens (tertiary/aromatic N) is 2. The summed E-state index contributed by atoms with van der Waals surface area (Å²) >= 11 is 0. The third-order valence-corrected chi connectivity index (χ3v) is 4.85. The van der Waals surface area contributed by atoms with Crippen molar-refractivity contribution in [3.05, 3.63) is 132 Å². The first-order valence-corrected chi connectivity index (χ1v) is 10.4. The normalized spacial score (nSPS) is 10.7. The van der Waals surface area contributed by atoms with Crippen LogP contribution in [0.3, 0.4) is 0 Å². The SMILES string of the molecule is C(=Cc1cc[n+](COC[n+]2ccc(C=Cc3ccccc3)cc2)cc1)c1ccccc1.[Cl-].[Cl-]. The molecule has 0 amide bonds. The minimum Gasteiger partial charge on any atom is -1.00 e. The van der Waals surface area contributed by atoms with Crippen molar-refractivity contribution >= 4 is 24.3 Å². The van der Waals surface area contributed by atoms with Gasteiger partial charge in [0.2, 0.25) is 0 Å². The van der Waals surface area contributed by atoms with E-state index in [4.69, 9.17) is 4.74 Å². The molecule has 2 aromatic carbocycles. The molecule has 0 unspecified atom stereocenters. The molecule has 4 aromatic rings. The summed E-state index contributed by atoms with van der Waals surface area (Å²) in [6.45, 7) is 1.01. The fourth-order valence-corrected chi connectivity index (χ4v) is 3.10. The topological polar surface area (TPSA) is 17.0 Å². The van der Waals surface area contributed by atoms with E-state index < -0.39 is 0 Å². The van der Waals surface area contributed by atoms with Gasteiger partial charge in [0.15, 0.2) is 24.8 Å². The van der Waals surface area contributed by atoms with Crippen LogP contribution in [0.25, 0.3) is 24.3 Å². The number of ether oxygens (including phenoxy) is 1. The zero-order chi connectivity index (χ0) is 21.1. The van der Waals surface area contributed by atoms with E-state index in [-0.39, 0.29) is 24.8 Å². The lowest BCUT2D eigenvalue weighted by atomic mass is 10.1. The molecular formula is C28H26Cl2N2O. The average Bonchev–Trinajstić information content (AvgIpc) is 2.84. The van der Waals surface area contributed by atoms with Gasteiger partial charge in [-0.25, -0.2) is 0 Å². The summed E-state index contributed by atoms with van der Waals surface area (Å²) in [6.07, 6.45) is 16.6. The van der Waals surface area contributed by atoms with Crippen LogP contribution in [0.4, 0.5) is 0 Å². The molecule has 3 nitrogen and oxygen atoms in total. The molecular weight excluding hydrogens is 451 g/mol. The zero-order valence-corrected chi connectivity index (χ0v) is 19.7. The van der Waals surface area contributed by atoms with Crippen LogP contribution in [0, 0.1) is 0 Å². The summed E-state index contributed by atoms with van der Waals surface area (Å²) in [6, 6.07) is 29.0. The van der Waals surface area contributed by atoms with E-state index in [9.17, 15) is 0 Å². The summed E-state index contributed by atoms with van der Waals surface area (Å²) < 4.78 is 9.88. The van der Waals surface area contributed by atoms with Crippen molar-refractivity contribution in [3.8, 4) is 0 Å². The number of pyridine rings is 2. The third-order valence-electron chi connectivity index (χ3n) is 4.85. The van der Waals surface area contributed by atoms with Crippen molar-refractivity contribution in [2.75, 3.05) is 0 Å². The van der Waals surface area contributed by atoms with Crippen LogP contribution in [0.5, 0.6) is 0 Å². The monoisotopic (exact) mass is 476 g/mol. The number of aromatic nitrogens is 2. The van der Waals surface area contributed by atoms with Gasteiger partial charge in [-0.05, 0) is 22.3 Å². The summed E-state index contributed by atoms with van der Waals surface area (Å²) in [5.74, 6) is 0. The van der Waals surface area contributed by atoms with E-state index in [2.05, 4.69) is 72.8 Å². The van der Waals surface area contributed by atoms with Gasteiger partial charge in [-0.2, -0.15) is 9.13 Å². The minimum atomic E-state index is 0. The lowest BCUT2D eigenvalue weighted by Crippen LogP contribution is -3.00. The fraction of sp³-hybridized carbons (Fsp3) is 0.0714. The van der Waals surface area contributed by atoms with Crippen molar-refractivity contribution in [2.24, 2.45) is 0 Å². The Balaban J connectivity index is 0.00000193. The summed E-state index contributed by atoms with van der Waals surface area (Å²) in [7, 11) is 0. The van der Waals surface area contributed by atoms with Crippen LogP contribution >= 0.6 is 0 Å². The van der Waals surface area contributed by atoms with Crippen LogP contribution in [-0.4, -0.2) is 0 Å². The highest BCUT2D eigenvalue weighted by Gasteiger charge is 2.04. The maximum absolute atomic E-state index is 5.83. The zero-order valence-electron chi connectivity index (χ0n) is 18.2. The number of halogens is 2. The Morgan fingerprint density at radius 2 is 0.758 bits per heavy atom. The molecule has 0 fully saturated rings. The molecule has 5 heteroatoms. The second kappa shape index (κ2) is 14.0. The second-order valence-electron chi connectivity index (χ2n) is 7.24. The van der Waals surface area contributed by atoms with E-state index >= 15 is 0 Å². The largest absolute Gasteiger partial charge is 1.00 e. The molecule has 0 aliphatic heterocycles. The van der Waals surface area contributed by atoms with Crippen molar-refractivity contribution in [3.63, 3.8) is 0 Å². The summed E-state index contributed by atoms with van der Waals surface area (Å²) in [5, 5.41) is 0. The Hall–Kier alpha value is -3.24. The highest BCUT2D eigenvalue weighted by Crippen LogP contribution is 2.07. The van der Waals surface area contributed by atoms with Gasteiger partial charge in [0.1, 0.15) is 0 Å². The van der Waals surface area contributed by atoms with Gasteiger partial charge in [0, 0.05) is 24.3 Å². The third kappa shape index (κ3) is 8.66. The smallest absolute Gasteiger partial charge is 0.257 e. The fourth-order valence-electron chi connectivity index (χ4n) is 3.10. The molecule has 0 saturated heterocycles. The molecule has 0 aliphatic carbocycles. The van der Waals surface area contributed by atoms with Crippen molar-refractivity contribution in [1.82, 2.24) is 0 Å². The van der Waals surface area contributed by atoms with Gasteiger partial charge >= 0.3 is 0 Å². The predicted molar refractivity (Wildman–Crippen MR) is 125 cm³/mol. The molecule has 2 aromatic heterocycles. The van der Waals surface area contributed by atoms with Gasteiger partial charge in [0.05, 0.1) is 0 Å². The molecule has 33 heavy (non-hydrogen) atoms. The van der Waals surface area contributed by atoms with Crippen LogP contribution in [0.2, 0.25) is 0 Å². The highest BCUT2D eigenvalue weighted by atomic mass is 35.5.